The number of hydrogen-bond donors (Lipinski definition) is 1. The summed E-state index contributed by atoms with van der Waals surface area (Å²) in [5, 5.41) is 10.4. The summed E-state index contributed by atoms with van der Waals surface area (Å²) >= 11 is 1.61. The third-order valence-electron chi connectivity index (χ3n) is 3.30. The standard InChI is InChI=1S/C16H22N2OS/c1-3-7-14-15(12-19)20-16(17-14)18(2)11-10-13-8-5-4-6-9-13/h4-6,8-9,19H,3,7,10-12H2,1-2H3. The molecule has 0 saturated heterocycles. The van der Waals surface area contributed by atoms with Gasteiger partial charge in [-0.05, 0) is 18.4 Å². The van der Waals surface area contributed by atoms with Crippen molar-refractivity contribution in [3.05, 3.63) is 46.5 Å². The number of thiazole rings is 1. The first kappa shape index (κ1) is 15.0. The van der Waals surface area contributed by atoms with E-state index in [1.165, 1.54) is 5.56 Å². The Morgan fingerprint density at radius 1 is 1.20 bits per heavy atom. The first-order valence-electron chi connectivity index (χ1n) is 7.09. The summed E-state index contributed by atoms with van der Waals surface area (Å²) in [7, 11) is 2.07. The molecule has 1 N–H and O–H groups in total. The molecule has 3 nitrogen and oxygen atoms in total. The van der Waals surface area contributed by atoms with Crippen LogP contribution in [-0.4, -0.2) is 23.7 Å². The minimum absolute atomic E-state index is 0.0968. The highest BCUT2D eigenvalue weighted by atomic mass is 32.1. The molecule has 0 spiro atoms. The van der Waals surface area contributed by atoms with Gasteiger partial charge in [0, 0.05) is 13.6 Å². The van der Waals surface area contributed by atoms with Gasteiger partial charge in [-0.1, -0.05) is 55.0 Å². The molecule has 2 rings (SSSR count). The van der Waals surface area contributed by atoms with Crippen LogP contribution >= 0.6 is 11.3 Å². The number of nitrogens with zero attached hydrogens (tertiary/aromatic N) is 2. The number of aliphatic hydroxyl groups is 1. The van der Waals surface area contributed by atoms with Crippen LogP contribution in [0, 0.1) is 0 Å². The van der Waals surface area contributed by atoms with Crippen molar-refractivity contribution < 1.29 is 5.11 Å². The molecule has 0 bridgehead atoms. The Labute approximate surface area is 124 Å². The van der Waals surface area contributed by atoms with E-state index in [0.29, 0.717) is 0 Å². The quantitative estimate of drug-likeness (QED) is 0.850. The SMILES string of the molecule is CCCc1nc(N(C)CCc2ccccc2)sc1CO. The zero-order chi connectivity index (χ0) is 14.4. The van der Waals surface area contributed by atoms with E-state index in [-0.39, 0.29) is 6.61 Å². The Bertz CT molecular complexity index is 525. The zero-order valence-corrected chi connectivity index (χ0v) is 13.0. The van der Waals surface area contributed by atoms with E-state index in [0.717, 1.165) is 41.5 Å². The van der Waals surface area contributed by atoms with Gasteiger partial charge in [-0.15, -0.1) is 0 Å². The molecule has 1 aromatic heterocycles. The molecule has 0 atom stereocenters. The van der Waals surface area contributed by atoms with Gasteiger partial charge in [0.1, 0.15) is 0 Å². The van der Waals surface area contributed by atoms with Crippen molar-refractivity contribution >= 4 is 16.5 Å². The highest BCUT2D eigenvalue weighted by molar-refractivity contribution is 7.15. The molecule has 1 heterocycles. The van der Waals surface area contributed by atoms with E-state index in [9.17, 15) is 5.11 Å². The van der Waals surface area contributed by atoms with Crippen molar-refractivity contribution in [1.29, 1.82) is 0 Å². The predicted molar refractivity (Wildman–Crippen MR) is 85.4 cm³/mol. The molecule has 0 saturated carbocycles. The number of likely N-dealkylation sites (N-methyl/N-ethyl adjacent to an activating group) is 1. The largest absolute Gasteiger partial charge is 0.391 e. The second-order valence-electron chi connectivity index (χ2n) is 4.93. The molecule has 0 amide bonds. The van der Waals surface area contributed by atoms with Crippen LogP contribution < -0.4 is 4.90 Å². The molecule has 108 valence electrons. The van der Waals surface area contributed by atoms with Crippen molar-refractivity contribution in [2.24, 2.45) is 0 Å². The molecule has 1 aromatic carbocycles. The number of benzene rings is 1. The molecule has 2 aromatic rings. The van der Waals surface area contributed by atoms with Crippen molar-refractivity contribution in [2.45, 2.75) is 32.8 Å². The number of rotatable bonds is 7. The second-order valence-corrected chi connectivity index (χ2v) is 5.99. The lowest BCUT2D eigenvalue weighted by Gasteiger charge is -2.15. The molecule has 20 heavy (non-hydrogen) atoms. The lowest BCUT2D eigenvalue weighted by molar-refractivity contribution is 0.284. The van der Waals surface area contributed by atoms with Gasteiger partial charge in [0.15, 0.2) is 5.13 Å². The molecule has 0 aliphatic carbocycles. The maximum absolute atomic E-state index is 9.40. The lowest BCUT2D eigenvalue weighted by Crippen LogP contribution is -2.20. The summed E-state index contributed by atoms with van der Waals surface area (Å²) in [5.74, 6) is 0. The molecule has 4 heteroatoms. The van der Waals surface area contributed by atoms with Crippen LogP contribution in [0.3, 0.4) is 0 Å². The fourth-order valence-corrected chi connectivity index (χ4v) is 3.08. The summed E-state index contributed by atoms with van der Waals surface area (Å²) in [4.78, 5) is 7.85. The number of anilines is 1. The average molecular weight is 290 g/mol. The Kier molecular flexibility index (Phi) is 5.56. The number of hydrogen-bond acceptors (Lipinski definition) is 4. The zero-order valence-electron chi connectivity index (χ0n) is 12.2. The number of aryl methyl sites for hydroxylation is 1. The fraction of sp³-hybridized carbons (Fsp3) is 0.438. The van der Waals surface area contributed by atoms with Crippen LogP contribution in [0.25, 0.3) is 0 Å². The minimum atomic E-state index is 0.0968. The second kappa shape index (κ2) is 7.41. The third-order valence-corrected chi connectivity index (χ3v) is 4.50. The Hall–Kier alpha value is -1.39. The summed E-state index contributed by atoms with van der Waals surface area (Å²) in [6.07, 6.45) is 3.01. The van der Waals surface area contributed by atoms with E-state index < -0.39 is 0 Å². The van der Waals surface area contributed by atoms with Crippen LogP contribution in [-0.2, 0) is 19.4 Å². The Morgan fingerprint density at radius 3 is 2.60 bits per heavy atom. The lowest BCUT2D eigenvalue weighted by atomic mass is 10.1. The summed E-state index contributed by atoms with van der Waals surface area (Å²) < 4.78 is 0. The molecule has 0 aliphatic heterocycles. The third kappa shape index (κ3) is 3.81. The van der Waals surface area contributed by atoms with Gasteiger partial charge in [-0.25, -0.2) is 4.98 Å². The van der Waals surface area contributed by atoms with Gasteiger partial charge in [0.25, 0.3) is 0 Å². The Morgan fingerprint density at radius 2 is 1.95 bits per heavy atom. The van der Waals surface area contributed by atoms with Crippen LogP contribution in [0.5, 0.6) is 0 Å². The van der Waals surface area contributed by atoms with Crippen molar-refractivity contribution in [1.82, 2.24) is 4.98 Å². The van der Waals surface area contributed by atoms with Gasteiger partial charge in [-0.2, -0.15) is 0 Å². The number of aromatic nitrogens is 1. The fourth-order valence-electron chi connectivity index (χ4n) is 2.13. The molecule has 0 fully saturated rings. The van der Waals surface area contributed by atoms with E-state index in [4.69, 9.17) is 0 Å². The minimum Gasteiger partial charge on any atom is -0.391 e. The topological polar surface area (TPSA) is 36.4 Å². The Balaban J connectivity index is 2.00. The molecular weight excluding hydrogens is 268 g/mol. The van der Waals surface area contributed by atoms with E-state index in [1.54, 1.807) is 11.3 Å². The van der Waals surface area contributed by atoms with Gasteiger partial charge >= 0.3 is 0 Å². The van der Waals surface area contributed by atoms with Crippen LogP contribution in [0.2, 0.25) is 0 Å². The monoisotopic (exact) mass is 290 g/mol. The van der Waals surface area contributed by atoms with Gasteiger partial charge < -0.3 is 10.0 Å². The highest BCUT2D eigenvalue weighted by Gasteiger charge is 2.12. The summed E-state index contributed by atoms with van der Waals surface area (Å²) in [6.45, 7) is 3.17. The number of aliphatic hydroxyl groups excluding tert-OH is 1. The molecule has 0 aliphatic rings. The van der Waals surface area contributed by atoms with Crippen molar-refractivity contribution in [3.8, 4) is 0 Å². The average Bonchev–Trinajstić information content (AvgIpc) is 2.89. The van der Waals surface area contributed by atoms with Crippen LogP contribution in [0.15, 0.2) is 30.3 Å². The van der Waals surface area contributed by atoms with Crippen LogP contribution in [0.4, 0.5) is 5.13 Å². The maximum Gasteiger partial charge on any atom is 0.185 e. The maximum atomic E-state index is 9.40. The smallest absolute Gasteiger partial charge is 0.185 e. The predicted octanol–water partition coefficient (Wildman–Crippen LogP) is 3.27. The van der Waals surface area contributed by atoms with Crippen LogP contribution in [0.1, 0.15) is 29.5 Å². The molecule has 0 radical (unpaired) electrons. The van der Waals surface area contributed by atoms with Gasteiger partial charge in [-0.3, -0.25) is 0 Å². The van der Waals surface area contributed by atoms with E-state index in [1.807, 2.05) is 6.07 Å². The summed E-state index contributed by atoms with van der Waals surface area (Å²) in [5.41, 5.74) is 2.40. The van der Waals surface area contributed by atoms with Gasteiger partial charge in [0.2, 0.25) is 0 Å². The first-order chi connectivity index (χ1) is 9.74. The normalized spacial score (nSPS) is 10.8. The molecule has 0 unspecified atom stereocenters. The summed E-state index contributed by atoms with van der Waals surface area (Å²) in [6, 6.07) is 10.5. The van der Waals surface area contributed by atoms with E-state index in [2.05, 4.69) is 48.1 Å². The van der Waals surface area contributed by atoms with Crippen molar-refractivity contribution in [3.63, 3.8) is 0 Å². The first-order valence-corrected chi connectivity index (χ1v) is 7.90. The van der Waals surface area contributed by atoms with Gasteiger partial charge in [0.05, 0.1) is 17.2 Å². The highest BCUT2D eigenvalue weighted by Crippen LogP contribution is 2.26. The molecular formula is C16H22N2OS. The van der Waals surface area contributed by atoms with E-state index >= 15 is 0 Å². The van der Waals surface area contributed by atoms with Crippen molar-refractivity contribution in [2.75, 3.05) is 18.5 Å².